The van der Waals surface area contributed by atoms with Gasteiger partial charge in [0.2, 0.25) is 0 Å². The smallest absolute Gasteiger partial charge is 0.00204 e. The first kappa shape index (κ1) is 8.41. The molecule has 0 saturated carbocycles. The first-order valence-corrected chi connectivity index (χ1v) is 5.22. The summed E-state index contributed by atoms with van der Waals surface area (Å²) in [5, 5.41) is 3.26. The number of thioether (sulfide) groups is 1. The van der Waals surface area contributed by atoms with Crippen LogP contribution in [-0.2, 0) is 0 Å². The van der Waals surface area contributed by atoms with Gasteiger partial charge in [0.05, 0.1) is 0 Å². The highest BCUT2D eigenvalue weighted by Gasteiger charge is 2.20. The van der Waals surface area contributed by atoms with Crippen LogP contribution in [0.4, 0.5) is 0 Å². The van der Waals surface area contributed by atoms with E-state index in [0.29, 0.717) is 0 Å². The molecule has 1 rings (SSSR count). The molecule has 10 heavy (non-hydrogen) atoms. The Labute approximate surface area is 68.0 Å². The Kier molecular flexibility index (Phi) is 3.57. The van der Waals surface area contributed by atoms with Gasteiger partial charge in [0.15, 0.2) is 0 Å². The fourth-order valence-electron chi connectivity index (χ4n) is 1.49. The van der Waals surface area contributed by atoms with Crippen LogP contribution < -0.4 is 5.32 Å². The molecule has 0 aromatic rings. The van der Waals surface area contributed by atoms with Crippen molar-refractivity contribution in [3.8, 4) is 0 Å². The van der Waals surface area contributed by atoms with E-state index < -0.39 is 0 Å². The average Bonchev–Trinajstić information content (AvgIpc) is 1.94. The molecule has 0 amide bonds. The molecule has 60 valence electrons. The molecule has 2 heteroatoms. The molecule has 0 spiro atoms. The van der Waals surface area contributed by atoms with Gasteiger partial charge in [-0.3, -0.25) is 0 Å². The van der Waals surface area contributed by atoms with Crippen molar-refractivity contribution in [1.29, 1.82) is 0 Å². The third kappa shape index (κ3) is 2.17. The third-order valence-electron chi connectivity index (χ3n) is 2.28. The van der Waals surface area contributed by atoms with Gasteiger partial charge in [-0.05, 0) is 43.4 Å². The lowest BCUT2D eigenvalue weighted by atomic mass is 9.93. The van der Waals surface area contributed by atoms with E-state index in [0.717, 1.165) is 11.8 Å². The van der Waals surface area contributed by atoms with E-state index in [2.05, 4.69) is 31.1 Å². The van der Waals surface area contributed by atoms with Crippen LogP contribution in [0.5, 0.6) is 0 Å². The maximum absolute atomic E-state index is 3.26. The van der Waals surface area contributed by atoms with Crippen molar-refractivity contribution in [3.63, 3.8) is 0 Å². The molecule has 0 aliphatic carbocycles. The van der Waals surface area contributed by atoms with Gasteiger partial charge in [0.1, 0.15) is 0 Å². The largest absolute Gasteiger partial charge is 0.319 e. The van der Waals surface area contributed by atoms with Gasteiger partial charge < -0.3 is 5.32 Å². The third-order valence-corrected chi connectivity index (χ3v) is 3.57. The van der Waals surface area contributed by atoms with Crippen molar-refractivity contribution >= 4 is 11.8 Å². The normalized spacial score (nSPS) is 34.2. The minimum Gasteiger partial charge on any atom is -0.319 e. The highest BCUT2D eigenvalue weighted by atomic mass is 32.2. The Bertz CT molecular complexity index is 93.3. The SMILES string of the molecule is CNCC1CCSCC1C. The van der Waals surface area contributed by atoms with Crippen molar-refractivity contribution in [1.82, 2.24) is 5.32 Å². The summed E-state index contributed by atoms with van der Waals surface area (Å²) in [4.78, 5) is 0. The molecule has 1 saturated heterocycles. The Morgan fingerprint density at radius 1 is 1.60 bits per heavy atom. The van der Waals surface area contributed by atoms with Crippen LogP contribution in [0.2, 0.25) is 0 Å². The average molecular weight is 159 g/mol. The van der Waals surface area contributed by atoms with Gasteiger partial charge in [-0.15, -0.1) is 0 Å². The summed E-state index contributed by atoms with van der Waals surface area (Å²) in [6, 6.07) is 0. The van der Waals surface area contributed by atoms with Crippen LogP contribution in [0, 0.1) is 11.8 Å². The molecule has 1 aliphatic heterocycles. The van der Waals surface area contributed by atoms with E-state index in [4.69, 9.17) is 0 Å². The first-order valence-electron chi connectivity index (χ1n) is 4.07. The summed E-state index contributed by atoms with van der Waals surface area (Å²) >= 11 is 2.10. The Morgan fingerprint density at radius 3 is 3.00 bits per heavy atom. The van der Waals surface area contributed by atoms with E-state index >= 15 is 0 Å². The van der Waals surface area contributed by atoms with Crippen LogP contribution in [0.3, 0.4) is 0 Å². The standard InChI is InChI=1S/C8H17NS/c1-7-6-10-4-3-8(7)5-9-2/h7-9H,3-6H2,1-2H3. The van der Waals surface area contributed by atoms with Gasteiger partial charge in [-0.2, -0.15) is 11.8 Å². The van der Waals surface area contributed by atoms with Crippen molar-refractivity contribution in [3.05, 3.63) is 0 Å². The van der Waals surface area contributed by atoms with Gasteiger partial charge >= 0.3 is 0 Å². The summed E-state index contributed by atoms with van der Waals surface area (Å²) in [6.07, 6.45) is 1.41. The van der Waals surface area contributed by atoms with E-state index in [1.165, 1.54) is 24.5 Å². The zero-order valence-corrected chi connectivity index (χ0v) is 7.71. The van der Waals surface area contributed by atoms with Crippen LogP contribution in [-0.4, -0.2) is 25.1 Å². The Morgan fingerprint density at radius 2 is 2.40 bits per heavy atom. The lowest BCUT2D eigenvalue weighted by Gasteiger charge is -2.27. The maximum Gasteiger partial charge on any atom is -0.00204 e. The summed E-state index contributed by atoms with van der Waals surface area (Å²) < 4.78 is 0. The molecule has 1 heterocycles. The van der Waals surface area contributed by atoms with Crippen LogP contribution in [0.25, 0.3) is 0 Å². The summed E-state index contributed by atoms with van der Waals surface area (Å²) in [6.45, 7) is 3.58. The second-order valence-corrected chi connectivity index (χ2v) is 4.31. The molecular formula is C8H17NS. The Hall–Kier alpha value is 0.310. The van der Waals surface area contributed by atoms with Crippen molar-refractivity contribution in [2.24, 2.45) is 11.8 Å². The number of rotatable bonds is 2. The molecule has 1 N–H and O–H groups in total. The van der Waals surface area contributed by atoms with Crippen molar-refractivity contribution < 1.29 is 0 Å². The van der Waals surface area contributed by atoms with E-state index in [1.807, 2.05) is 0 Å². The fourth-order valence-corrected chi connectivity index (χ4v) is 2.77. The molecule has 0 aromatic heterocycles. The predicted octanol–water partition coefficient (Wildman–Crippen LogP) is 1.59. The molecular weight excluding hydrogens is 142 g/mol. The zero-order chi connectivity index (χ0) is 7.40. The van der Waals surface area contributed by atoms with Crippen LogP contribution >= 0.6 is 11.8 Å². The molecule has 1 aliphatic rings. The lowest BCUT2D eigenvalue weighted by Crippen LogP contribution is -2.29. The monoisotopic (exact) mass is 159 g/mol. The summed E-state index contributed by atoms with van der Waals surface area (Å²) in [5.74, 6) is 4.60. The number of hydrogen-bond acceptors (Lipinski definition) is 2. The minimum absolute atomic E-state index is 0.922. The molecule has 2 atom stereocenters. The summed E-state index contributed by atoms with van der Waals surface area (Å²) in [7, 11) is 2.05. The minimum atomic E-state index is 0.922. The van der Waals surface area contributed by atoms with Gasteiger partial charge in [0.25, 0.3) is 0 Å². The molecule has 2 unspecified atom stereocenters. The van der Waals surface area contributed by atoms with Crippen LogP contribution in [0.1, 0.15) is 13.3 Å². The van der Waals surface area contributed by atoms with Gasteiger partial charge in [0, 0.05) is 0 Å². The summed E-state index contributed by atoms with van der Waals surface area (Å²) in [5.41, 5.74) is 0. The quantitative estimate of drug-likeness (QED) is 0.657. The molecule has 0 radical (unpaired) electrons. The second kappa shape index (κ2) is 4.24. The highest BCUT2D eigenvalue weighted by Crippen LogP contribution is 2.27. The maximum atomic E-state index is 3.26. The van der Waals surface area contributed by atoms with Crippen LogP contribution in [0.15, 0.2) is 0 Å². The van der Waals surface area contributed by atoms with Gasteiger partial charge in [-0.25, -0.2) is 0 Å². The highest BCUT2D eigenvalue weighted by molar-refractivity contribution is 7.99. The number of hydrogen-bond donors (Lipinski definition) is 1. The molecule has 0 aromatic carbocycles. The molecule has 1 fully saturated rings. The van der Waals surface area contributed by atoms with Gasteiger partial charge in [-0.1, -0.05) is 6.92 Å². The number of nitrogens with one attached hydrogen (secondary N) is 1. The predicted molar refractivity (Wildman–Crippen MR) is 48.5 cm³/mol. The second-order valence-electron chi connectivity index (χ2n) is 3.16. The van der Waals surface area contributed by atoms with Crippen molar-refractivity contribution in [2.45, 2.75) is 13.3 Å². The van der Waals surface area contributed by atoms with E-state index in [-0.39, 0.29) is 0 Å². The fraction of sp³-hybridized carbons (Fsp3) is 1.00. The zero-order valence-electron chi connectivity index (χ0n) is 6.89. The van der Waals surface area contributed by atoms with E-state index in [9.17, 15) is 0 Å². The Balaban J connectivity index is 2.25. The molecule has 0 bridgehead atoms. The van der Waals surface area contributed by atoms with Crippen molar-refractivity contribution in [2.75, 3.05) is 25.1 Å². The first-order chi connectivity index (χ1) is 4.84. The van der Waals surface area contributed by atoms with E-state index in [1.54, 1.807) is 0 Å². The lowest BCUT2D eigenvalue weighted by molar-refractivity contribution is 0.361. The molecule has 1 nitrogen and oxygen atoms in total. The topological polar surface area (TPSA) is 12.0 Å².